The number of nitrogens with one attached hydrogen (secondary N) is 1. The van der Waals surface area contributed by atoms with E-state index in [-0.39, 0.29) is 5.91 Å². The molecule has 6 nitrogen and oxygen atoms in total. The highest BCUT2D eigenvalue weighted by molar-refractivity contribution is 7.92. The molecule has 0 atom stereocenters. The van der Waals surface area contributed by atoms with Crippen LogP contribution in [0.1, 0.15) is 40.7 Å². The SMILES string of the molecule is CN(c1ccccc1C(=O)NCc1cccc(CN2CCCCC2)c1)S(C)(=O)=O. The van der Waals surface area contributed by atoms with Gasteiger partial charge in [0.15, 0.2) is 0 Å². The Hall–Kier alpha value is -2.38. The molecule has 1 fully saturated rings. The first-order chi connectivity index (χ1) is 13.8. The molecule has 1 amide bonds. The van der Waals surface area contributed by atoms with Gasteiger partial charge in [-0.05, 0) is 49.2 Å². The summed E-state index contributed by atoms with van der Waals surface area (Å²) in [5, 5.41) is 2.92. The van der Waals surface area contributed by atoms with Crippen molar-refractivity contribution in [3.8, 4) is 0 Å². The van der Waals surface area contributed by atoms with Gasteiger partial charge >= 0.3 is 0 Å². The Morgan fingerprint density at radius 2 is 1.72 bits per heavy atom. The Bertz CT molecular complexity index is 953. The molecule has 0 radical (unpaired) electrons. The predicted molar refractivity (Wildman–Crippen MR) is 116 cm³/mol. The number of rotatable bonds is 7. The fraction of sp³-hybridized carbons (Fsp3) is 0.409. The molecule has 156 valence electrons. The maximum atomic E-state index is 12.7. The monoisotopic (exact) mass is 415 g/mol. The van der Waals surface area contributed by atoms with Gasteiger partial charge in [-0.15, -0.1) is 0 Å². The number of nitrogens with zero attached hydrogens (tertiary/aromatic N) is 2. The van der Waals surface area contributed by atoms with Crippen molar-refractivity contribution in [1.82, 2.24) is 10.2 Å². The molecule has 7 heteroatoms. The average Bonchev–Trinajstić information content (AvgIpc) is 2.72. The first-order valence-electron chi connectivity index (χ1n) is 9.96. The minimum absolute atomic E-state index is 0.294. The summed E-state index contributed by atoms with van der Waals surface area (Å²) in [5.41, 5.74) is 2.98. The van der Waals surface area contributed by atoms with Crippen LogP contribution in [-0.2, 0) is 23.1 Å². The third-order valence-electron chi connectivity index (χ3n) is 5.28. The van der Waals surface area contributed by atoms with E-state index in [1.165, 1.54) is 31.9 Å². The second-order valence-corrected chi connectivity index (χ2v) is 9.60. The quantitative estimate of drug-likeness (QED) is 0.755. The lowest BCUT2D eigenvalue weighted by atomic mass is 10.1. The van der Waals surface area contributed by atoms with E-state index in [0.717, 1.165) is 35.8 Å². The largest absolute Gasteiger partial charge is 0.348 e. The maximum absolute atomic E-state index is 12.7. The Balaban J connectivity index is 1.66. The molecule has 0 spiro atoms. The van der Waals surface area contributed by atoms with Gasteiger partial charge < -0.3 is 5.32 Å². The standard InChI is InChI=1S/C22H29N3O3S/c1-24(29(2,27)28)21-12-5-4-11-20(21)22(26)23-16-18-9-8-10-19(15-18)17-25-13-6-3-7-14-25/h4-5,8-12,15H,3,6-7,13-14,16-17H2,1-2H3,(H,23,26). The van der Waals surface area contributed by atoms with Crippen LogP contribution in [0.15, 0.2) is 48.5 Å². The molecular formula is C22H29N3O3S. The van der Waals surface area contributed by atoms with E-state index >= 15 is 0 Å². The fourth-order valence-electron chi connectivity index (χ4n) is 3.61. The van der Waals surface area contributed by atoms with Crippen molar-refractivity contribution >= 4 is 21.6 Å². The number of carbonyl (C=O) groups is 1. The van der Waals surface area contributed by atoms with Gasteiger partial charge in [-0.25, -0.2) is 8.42 Å². The molecular weight excluding hydrogens is 386 g/mol. The molecule has 1 heterocycles. The lowest BCUT2D eigenvalue weighted by molar-refractivity contribution is 0.0951. The van der Waals surface area contributed by atoms with Crippen molar-refractivity contribution in [2.45, 2.75) is 32.4 Å². The van der Waals surface area contributed by atoms with Crippen molar-refractivity contribution in [3.63, 3.8) is 0 Å². The van der Waals surface area contributed by atoms with Gasteiger partial charge in [-0.1, -0.05) is 42.8 Å². The van der Waals surface area contributed by atoms with Crippen LogP contribution < -0.4 is 9.62 Å². The molecule has 2 aromatic rings. The van der Waals surface area contributed by atoms with E-state index in [2.05, 4.69) is 22.3 Å². The number of hydrogen-bond donors (Lipinski definition) is 1. The van der Waals surface area contributed by atoms with E-state index in [9.17, 15) is 13.2 Å². The van der Waals surface area contributed by atoms with Crippen molar-refractivity contribution in [1.29, 1.82) is 0 Å². The summed E-state index contributed by atoms with van der Waals surface area (Å²) < 4.78 is 24.9. The number of anilines is 1. The summed E-state index contributed by atoms with van der Waals surface area (Å²) in [6.07, 6.45) is 4.96. The smallest absolute Gasteiger partial charge is 0.253 e. The number of benzene rings is 2. The van der Waals surface area contributed by atoms with E-state index in [1.807, 2.05) is 12.1 Å². The molecule has 0 bridgehead atoms. The zero-order valence-corrected chi connectivity index (χ0v) is 17.9. The Labute approximate surface area is 173 Å². The number of likely N-dealkylation sites (tertiary alicyclic amines) is 1. The minimum atomic E-state index is -3.45. The maximum Gasteiger partial charge on any atom is 0.253 e. The topological polar surface area (TPSA) is 69.7 Å². The number of carbonyl (C=O) groups excluding carboxylic acids is 1. The van der Waals surface area contributed by atoms with Gasteiger partial charge in [0.05, 0.1) is 17.5 Å². The second kappa shape index (κ2) is 9.41. The molecule has 0 unspecified atom stereocenters. The Morgan fingerprint density at radius 1 is 1.03 bits per heavy atom. The first kappa shape index (κ1) is 21.3. The van der Waals surface area contributed by atoms with Crippen molar-refractivity contribution in [2.24, 2.45) is 0 Å². The molecule has 29 heavy (non-hydrogen) atoms. The predicted octanol–water partition coefficient (Wildman–Crippen LogP) is 3.00. The molecule has 1 N–H and O–H groups in total. The van der Waals surface area contributed by atoms with Crippen molar-refractivity contribution < 1.29 is 13.2 Å². The average molecular weight is 416 g/mol. The summed E-state index contributed by atoms with van der Waals surface area (Å²) in [6.45, 7) is 3.62. The van der Waals surface area contributed by atoms with E-state index < -0.39 is 10.0 Å². The third-order valence-corrected chi connectivity index (χ3v) is 6.48. The fourth-order valence-corrected chi connectivity index (χ4v) is 4.13. The number of piperidine rings is 1. The Morgan fingerprint density at radius 3 is 2.45 bits per heavy atom. The summed E-state index contributed by atoms with van der Waals surface area (Å²) in [6, 6.07) is 15.0. The molecule has 1 aliphatic heterocycles. The summed E-state index contributed by atoms with van der Waals surface area (Å²) in [5.74, 6) is -0.294. The van der Waals surface area contributed by atoms with Crippen LogP contribution in [-0.4, -0.2) is 45.6 Å². The van der Waals surface area contributed by atoms with Crippen LogP contribution in [0.25, 0.3) is 0 Å². The van der Waals surface area contributed by atoms with Gasteiger partial charge in [-0.2, -0.15) is 0 Å². The first-order valence-corrected chi connectivity index (χ1v) is 11.8. The van der Waals surface area contributed by atoms with Crippen LogP contribution >= 0.6 is 0 Å². The van der Waals surface area contributed by atoms with E-state index in [0.29, 0.717) is 17.8 Å². The highest BCUT2D eigenvalue weighted by Crippen LogP contribution is 2.21. The summed E-state index contributed by atoms with van der Waals surface area (Å²) >= 11 is 0. The Kier molecular flexibility index (Phi) is 6.92. The third kappa shape index (κ3) is 5.81. The molecule has 2 aromatic carbocycles. The van der Waals surface area contributed by atoms with Crippen LogP contribution in [0.3, 0.4) is 0 Å². The normalized spacial score (nSPS) is 15.1. The van der Waals surface area contributed by atoms with Crippen LogP contribution in [0.4, 0.5) is 5.69 Å². The number of sulfonamides is 1. The molecule has 3 rings (SSSR count). The van der Waals surface area contributed by atoms with Crippen LogP contribution in [0, 0.1) is 0 Å². The van der Waals surface area contributed by atoms with E-state index in [4.69, 9.17) is 0 Å². The van der Waals surface area contributed by atoms with Crippen LogP contribution in [0.2, 0.25) is 0 Å². The lowest BCUT2D eigenvalue weighted by Crippen LogP contribution is -2.30. The molecule has 1 aliphatic rings. The number of para-hydroxylation sites is 1. The number of hydrogen-bond acceptors (Lipinski definition) is 4. The van der Waals surface area contributed by atoms with E-state index in [1.54, 1.807) is 24.3 Å². The highest BCUT2D eigenvalue weighted by atomic mass is 32.2. The van der Waals surface area contributed by atoms with Gasteiger partial charge in [-0.3, -0.25) is 14.0 Å². The number of amides is 1. The van der Waals surface area contributed by atoms with Gasteiger partial charge in [0, 0.05) is 20.1 Å². The molecule has 1 saturated heterocycles. The summed E-state index contributed by atoms with van der Waals surface area (Å²) in [4.78, 5) is 15.2. The molecule has 0 aromatic heterocycles. The molecule has 0 aliphatic carbocycles. The van der Waals surface area contributed by atoms with Gasteiger partial charge in [0.1, 0.15) is 0 Å². The zero-order valence-electron chi connectivity index (χ0n) is 17.1. The van der Waals surface area contributed by atoms with Gasteiger partial charge in [0.25, 0.3) is 5.91 Å². The summed E-state index contributed by atoms with van der Waals surface area (Å²) in [7, 11) is -2.00. The minimum Gasteiger partial charge on any atom is -0.348 e. The zero-order chi connectivity index (χ0) is 20.9. The molecule has 0 saturated carbocycles. The highest BCUT2D eigenvalue weighted by Gasteiger charge is 2.19. The second-order valence-electron chi connectivity index (χ2n) is 7.59. The lowest BCUT2D eigenvalue weighted by Gasteiger charge is -2.26. The van der Waals surface area contributed by atoms with Gasteiger partial charge in [0.2, 0.25) is 10.0 Å². The van der Waals surface area contributed by atoms with Crippen molar-refractivity contribution in [3.05, 3.63) is 65.2 Å². The van der Waals surface area contributed by atoms with Crippen LogP contribution in [0.5, 0.6) is 0 Å². The van der Waals surface area contributed by atoms with Crippen molar-refractivity contribution in [2.75, 3.05) is 30.7 Å².